The summed E-state index contributed by atoms with van der Waals surface area (Å²) in [6.45, 7) is 3.88. The molecule has 1 atom stereocenters. The van der Waals surface area contributed by atoms with Crippen LogP contribution in [0.3, 0.4) is 0 Å². The Labute approximate surface area is 85.4 Å². The third-order valence-corrected chi connectivity index (χ3v) is 2.23. The minimum absolute atomic E-state index is 0.0679. The van der Waals surface area contributed by atoms with Gasteiger partial charge in [0.05, 0.1) is 0 Å². The number of hydrogen-bond donors (Lipinski definition) is 2. The molecule has 4 heteroatoms. The van der Waals surface area contributed by atoms with Crippen molar-refractivity contribution in [3.63, 3.8) is 0 Å². The number of hydrogen-bond acceptors (Lipinski definition) is 4. The molecule has 0 fully saturated rings. The Hall–Kier alpha value is -0.740. The van der Waals surface area contributed by atoms with E-state index in [1.807, 2.05) is 0 Å². The molecule has 0 spiro atoms. The standard InChI is InChI=1S/C10H20N2O2/c1-9(4-5-11)12-6-2-3-10-13-7-8-14-10/h7-10,12H,2-6,11H2,1H3. The zero-order chi connectivity index (χ0) is 10.2. The van der Waals surface area contributed by atoms with Crippen molar-refractivity contribution in [1.82, 2.24) is 5.32 Å². The number of rotatable bonds is 7. The van der Waals surface area contributed by atoms with Gasteiger partial charge in [-0.15, -0.1) is 0 Å². The van der Waals surface area contributed by atoms with E-state index < -0.39 is 0 Å². The Balaban J connectivity index is 1.88. The van der Waals surface area contributed by atoms with E-state index in [1.165, 1.54) is 0 Å². The fourth-order valence-corrected chi connectivity index (χ4v) is 1.38. The Morgan fingerprint density at radius 2 is 2.14 bits per heavy atom. The van der Waals surface area contributed by atoms with E-state index in [1.54, 1.807) is 12.5 Å². The Morgan fingerprint density at radius 3 is 2.79 bits per heavy atom. The fraction of sp³-hybridized carbons (Fsp3) is 0.800. The molecule has 82 valence electrons. The van der Waals surface area contributed by atoms with E-state index in [-0.39, 0.29) is 6.29 Å². The highest BCUT2D eigenvalue weighted by Crippen LogP contribution is 2.10. The summed E-state index contributed by atoms with van der Waals surface area (Å²) >= 11 is 0. The third-order valence-electron chi connectivity index (χ3n) is 2.23. The van der Waals surface area contributed by atoms with Crippen LogP contribution in [0.15, 0.2) is 12.5 Å². The summed E-state index contributed by atoms with van der Waals surface area (Å²) in [5.41, 5.74) is 5.44. The maximum atomic E-state index is 5.44. The van der Waals surface area contributed by atoms with Crippen LogP contribution in [-0.2, 0) is 9.47 Å². The number of nitrogens with two attached hydrogens (primary N) is 1. The summed E-state index contributed by atoms with van der Waals surface area (Å²) in [6, 6.07) is 0.503. The molecule has 0 radical (unpaired) electrons. The molecule has 0 aromatic heterocycles. The monoisotopic (exact) mass is 200 g/mol. The van der Waals surface area contributed by atoms with E-state index in [0.717, 1.165) is 32.4 Å². The molecular weight excluding hydrogens is 180 g/mol. The van der Waals surface area contributed by atoms with Gasteiger partial charge in [0.15, 0.2) is 0 Å². The predicted molar refractivity (Wildman–Crippen MR) is 55.5 cm³/mol. The lowest BCUT2D eigenvalue weighted by atomic mass is 10.2. The van der Waals surface area contributed by atoms with Crippen LogP contribution in [0.25, 0.3) is 0 Å². The van der Waals surface area contributed by atoms with Crippen molar-refractivity contribution in [2.24, 2.45) is 5.73 Å². The van der Waals surface area contributed by atoms with Crippen LogP contribution in [-0.4, -0.2) is 25.4 Å². The van der Waals surface area contributed by atoms with Crippen molar-refractivity contribution in [1.29, 1.82) is 0 Å². The maximum absolute atomic E-state index is 5.44. The molecule has 0 saturated heterocycles. The average molecular weight is 200 g/mol. The smallest absolute Gasteiger partial charge is 0.239 e. The van der Waals surface area contributed by atoms with Crippen LogP contribution in [0.5, 0.6) is 0 Å². The van der Waals surface area contributed by atoms with Crippen LogP contribution < -0.4 is 11.1 Å². The molecule has 4 nitrogen and oxygen atoms in total. The van der Waals surface area contributed by atoms with Gasteiger partial charge >= 0.3 is 0 Å². The second-order valence-corrected chi connectivity index (χ2v) is 3.55. The maximum Gasteiger partial charge on any atom is 0.239 e. The summed E-state index contributed by atoms with van der Waals surface area (Å²) in [5, 5.41) is 3.40. The molecule has 0 amide bonds. The summed E-state index contributed by atoms with van der Waals surface area (Å²) in [4.78, 5) is 0. The van der Waals surface area contributed by atoms with Crippen LogP contribution in [0.2, 0.25) is 0 Å². The van der Waals surface area contributed by atoms with Crippen molar-refractivity contribution in [3.8, 4) is 0 Å². The highest BCUT2D eigenvalue weighted by Gasteiger charge is 2.11. The Morgan fingerprint density at radius 1 is 1.43 bits per heavy atom. The fourth-order valence-electron chi connectivity index (χ4n) is 1.38. The van der Waals surface area contributed by atoms with Crippen molar-refractivity contribution in [3.05, 3.63) is 12.5 Å². The van der Waals surface area contributed by atoms with Crippen molar-refractivity contribution in [2.75, 3.05) is 13.1 Å². The van der Waals surface area contributed by atoms with Gasteiger partial charge in [0.25, 0.3) is 0 Å². The number of nitrogens with one attached hydrogen (secondary N) is 1. The first-order valence-corrected chi connectivity index (χ1v) is 5.22. The molecule has 1 aliphatic heterocycles. The van der Waals surface area contributed by atoms with Gasteiger partial charge in [-0.05, 0) is 32.9 Å². The quantitative estimate of drug-likeness (QED) is 0.600. The Bertz CT molecular complexity index is 166. The van der Waals surface area contributed by atoms with E-state index >= 15 is 0 Å². The van der Waals surface area contributed by atoms with Crippen LogP contribution in [0, 0.1) is 0 Å². The molecule has 1 heterocycles. The molecule has 3 N–H and O–H groups in total. The van der Waals surface area contributed by atoms with Gasteiger partial charge in [0.1, 0.15) is 12.5 Å². The van der Waals surface area contributed by atoms with E-state index in [9.17, 15) is 0 Å². The van der Waals surface area contributed by atoms with Gasteiger partial charge < -0.3 is 20.5 Å². The first-order chi connectivity index (χ1) is 6.83. The lowest BCUT2D eigenvalue weighted by Crippen LogP contribution is -2.29. The molecule has 14 heavy (non-hydrogen) atoms. The SMILES string of the molecule is CC(CCN)NCCCC1OC=CO1. The topological polar surface area (TPSA) is 56.5 Å². The van der Waals surface area contributed by atoms with Gasteiger partial charge in [-0.1, -0.05) is 0 Å². The van der Waals surface area contributed by atoms with Gasteiger partial charge in [0.2, 0.25) is 6.29 Å². The molecule has 1 unspecified atom stereocenters. The molecule has 0 aliphatic carbocycles. The Kier molecular flexibility index (Phi) is 5.40. The summed E-state index contributed by atoms with van der Waals surface area (Å²) in [5.74, 6) is 0. The number of ether oxygens (including phenoxy) is 2. The third kappa shape index (κ3) is 4.48. The van der Waals surface area contributed by atoms with Crippen molar-refractivity contribution < 1.29 is 9.47 Å². The van der Waals surface area contributed by atoms with E-state index in [0.29, 0.717) is 6.04 Å². The molecule has 1 aliphatic rings. The van der Waals surface area contributed by atoms with Gasteiger partial charge in [-0.25, -0.2) is 0 Å². The molecule has 1 rings (SSSR count). The summed E-state index contributed by atoms with van der Waals surface area (Å²) in [6.07, 6.45) is 6.13. The second-order valence-electron chi connectivity index (χ2n) is 3.55. The molecule has 0 aromatic carbocycles. The van der Waals surface area contributed by atoms with Crippen molar-refractivity contribution in [2.45, 2.75) is 38.5 Å². The predicted octanol–water partition coefficient (Wildman–Crippen LogP) is 0.938. The van der Waals surface area contributed by atoms with Crippen LogP contribution in [0.4, 0.5) is 0 Å². The van der Waals surface area contributed by atoms with Gasteiger partial charge in [-0.2, -0.15) is 0 Å². The first-order valence-electron chi connectivity index (χ1n) is 5.22. The van der Waals surface area contributed by atoms with Crippen molar-refractivity contribution >= 4 is 0 Å². The normalized spacial score (nSPS) is 17.9. The highest BCUT2D eigenvalue weighted by atomic mass is 16.7. The van der Waals surface area contributed by atoms with E-state index in [2.05, 4.69) is 12.2 Å². The molecular formula is C10H20N2O2. The highest BCUT2D eigenvalue weighted by molar-refractivity contribution is 4.71. The zero-order valence-electron chi connectivity index (χ0n) is 8.74. The van der Waals surface area contributed by atoms with Crippen LogP contribution >= 0.6 is 0 Å². The lowest BCUT2D eigenvalue weighted by Gasteiger charge is -2.13. The average Bonchev–Trinajstić information content (AvgIpc) is 2.65. The van der Waals surface area contributed by atoms with Crippen LogP contribution in [0.1, 0.15) is 26.2 Å². The molecule has 0 aromatic rings. The minimum atomic E-state index is -0.0679. The first kappa shape index (κ1) is 11.3. The largest absolute Gasteiger partial charge is 0.459 e. The minimum Gasteiger partial charge on any atom is -0.459 e. The summed E-state index contributed by atoms with van der Waals surface area (Å²) < 4.78 is 10.3. The molecule has 0 saturated carbocycles. The van der Waals surface area contributed by atoms with Gasteiger partial charge in [-0.3, -0.25) is 0 Å². The van der Waals surface area contributed by atoms with Gasteiger partial charge in [0, 0.05) is 12.5 Å². The second kappa shape index (κ2) is 6.68. The zero-order valence-corrected chi connectivity index (χ0v) is 8.74. The summed E-state index contributed by atoms with van der Waals surface area (Å²) in [7, 11) is 0. The lowest BCUT2D eigenvalue weighted by molar-refractivity contribution is -0.0290. The molecule has 0 bridgehead atoms. The van der Waals surface area contributed by atoms with E-state index in [4.69, 9.17) is 15.2 Å².